The third-order valence-electron chi connectivity index (χ3n) is 6.18. The molecule has 1 N–H and O–H groups in total. The van der Waals surface area contributed by atoms with E-state index in [1.54, 1.807) is 30.0 Å². The van der Waals surface area contributed by atoms with Crippen LogP contribution in [0.5, 0.6) is 0 Å². The first-order valence-corrected chi connectivity index (χ1v) is 15.0. The number of benzene rings is 3. The van der Waals surface area contributed by atoms with Gasteiger partial charge in [-0.1, -0.05) is 65.7 Å². The van der Waals surface area contributed by atoms with Gasteiger partial charge in [0.15, 0.2) is 5.65 Å². The number of hydrogen-bond acceptors (Lipinski definition) is 6. The van der Waals surface area contributed by atoms with Crippen LogP contribution in [0.2, 0.25) is 5.02 Å². The molecule has 0 atom stereocenters. The summed E-state index contributed by atoms with van der Waals surface area (Å²) in [7, 11) is -4.04. The summed E-state index contributed by atoms with van der Waals surface area (Å²) in [5.74, 6) is 0.720. The summed E-state index contributed by atoms with van der Waals surface area (Å²) in [6.45, 7) is 4.09. The zero-order chi connectivity index (χ0) is 27.6. The van der Waals surface area contributed by atoms with E-state index in [1.807, 2.05) is 54.8 Å². The van der Waals surface area contributed by atoms with Gasteiger partial charge in [0.05, 0.1) is 11.4 Å². The topological polar surface area (TPSA) is 94.0 Å². The number of hydrogen-bond donors (Lipinski definition) is 1. The Labute approximate surface area is 236 Å². The number of pyridine rings is 1. The first-order valence-electron chi connectivity index (χ1n) is 12.1. The van der Waals surface area contributed by atoms with Crippen LogP contribution in [0, 0.1) is 13.8 Å². The fourth-order valence-electron chi connectivity index (χ4n) is 4.04. The molecule has 1 amide bonds. The summed E-state index contributed by atoms with van der Waals surface area (Å²) in [6.07, 6.45) is 0. The highest BCUT2D eigenvalue weighted by Crippen LogP contribution is 2.29. The Morgan fingerprint density at radius 1 is 0.949 bits per heavy atom. The maximum atomic E-state index is 12.9. The van der Waals surface area contributed by atoms with Crippen molar-refractivity contribution in [2.24, 2.45) is 0 Å². The number of nitrogens with one attached hydrogen (secondary N) is 1. The van der Waals surface area contributed by atoms with E-state index in [0.717, 1.165) is 21.8 Å². The highest BCUT2D eigenvalue weighted by molar-refractivity contribution is 7.98. The SMILES string of the molecule is Cc1ccc(S(=O)(=O)NC(=O)c2ccc3nc(C)n(Cc4ccc(SCc5ccccc5)cc4Cl)c3n2)cc1. The first kappa shape index (κ1) is 26.9. The molecule has 198 valence electrons. The molecule has 7 nitrogen and oxygen atoms in total. The van der Waals surface area contributed by atoms with Crippen molar-refractivity contribution in [2.45, 2.75) is 35.9 Å². The van der Waals surface area contributed by atoms with E-state index < -0.39 is 15.9 Å². The van der Waals surface area contributed by atoms with Crippen molar-refractivity contribution < 1.29 is 13.2 Å². The summed E-state index contributed by atoms with van der Waals surface area (Å²) < 4.78 is 29.4. The monoisotopic (exact) mass is 576 g/mol. The van der Waals surface area contributed by atoms with E-state index in [1.165, 1.54) is 23.8 Å². The molecule has 0 aliphatic rings. The van der Waals surface area contributed by atoms with Gasteiger partial charge in [0.25, 0.3) is 15.9 Å². The van der Waals surface area contributed by atoms with Crippen LogP contribution in [0.25, 0.3) is 11.2 Å². The van der Waals surface area contributed by atoms with Gasteiger partial charge in [-0.3, -0.25) is 4.79 Å². The van der Waals surface area contributed by atoms with Crippen LogP contribution in [0.3, 0.4) is 0 Å². The molecule has 0 unspecified atom stereocenters. The van der Waals surface area contributed by atoms with Gasteiger partial charge in [0.1, 0.15) is 17.0 Å². The molecule has 0 aliphatic heterocycles. The normalized spacial score (nSPS) is 11.6. The molecule has 5 rings (SSSR count). The minimum Gasteiger partial charge on any atom is -0.308 e. The molecule has 0 spiro atoms. The van der Waals surface area contributed by atoms with Crippen LogP contribution in [0.15, 0.2) is 94.7 Å². The Morgan fingerprint density at radius 3 is 2.41 bits per heavy atom. The lowest BCUT2D eigenvalue weighted by Crippen LogP contribution is -2.31. The molecule has 0 radical (unpaired) electrons. The highest BCUT2D eigenvalue weighted by Gasteiger charge is 2.21. The molecule has 0 aliphatic carbocycles. The third-order valence-corrected chi connectivity index (χ3v) is 8.94. The summed E-state index contributed by atoms with van der Waals surface area (Å²) in [5.41, 5.74) is 4.06. The molecular weight excluding hydrogens is 552 g/mol. The van der Waals surface area contributed by atoms with E-state index in [-0.39, 0.29) is 10.6 Å². The van der Waals surface area contributed by atoms with E-state index >= 15 is 0 Å². The molecule has 0 saturated carbocycles. The first-order chi connectivity index (χ1) is 18.7. The molecule has 0 bridgehead atoms. The Morgan fingerprint density at radius 2 is 1.69 bits per heavy atom. The average molecular weight is 577 g/mol. The number of aryl methyl sites for hydroxylation is 2. The number of rotatable bonds is 8. The Balaban J connectivity index is 1.36. The largest absolute Gasteiger partial charge is 0.308 e. The van der Waals surface area contributed by atoms with E-state index in [0.29, 0.717) is 28.6 Å². The summed E-state index contributed by atoms with van der Waals surface area (Å²) >= 11 is 8.36. The summed E-state index contributed by atoms with van der Waals surface area (Å²) in [6, 6.07) is 25.6. The number of carbonyl (C=O) groups excluding carboxylic acids is 1. The summed E-state index contributed by atoms with van der Waals surface area (Å²) in [5, 5.41) is 0.618. The van der Waals surface area contributed by atoms with Gasteiger partial charge in [0.2, 0.25) is 0 Å². The minimum absolute atomic E-state index is 0.00318. The lowest BCUT2D eigenvalue weighted by Gasteiger charge is -2.11. The van der Waals surface area contributed by atoms with Gasteiger partial charge in [-0.25, -0.2) is 23.1 Å². The number of halogens is 1. The molecule has 2 aromatic heterocycles. The molecule has 39 heavy (non-hydrogen) atoms. The second-order valence-corrected chi connectivity index (χ2v) is 12.2. The zero-order valence-electron chi connectivity index (χ0n) is 21.3. The molecule has 10 heteroatoms. The van der Waals surface area contributed by atoms with Gasteiger partial charge in [-0.2, -0.15) is 0 Å². The number of thioether (sulfide) groups is 1. The second kappa shape index (κ2) is 11.2. The van der Waals surface area contributed by atoms with E-state index in [4.69, 9.17) is 11.6 Å². The number of sulfonamides is 1. The Kier molecular flexibility index (Phi) is 7.74. The van der Waals surface area contributed by atoms with Gasteiger partial charge in [0, 0.05) is 15.7 Å². The Bertz CT molecular complexity index is 1770. The van der Waals surface area contributed by atoms with Gasteiger partial charge in [-0.15, -0.1) is 11.8 Å². The number of nitrogens with zero attached hydrogens (tertiary/aromatic N) is 3. The second-order valence-electron chi connectivity index (χ2n) is 9.06. The predicted octanol–water partition coefficient (Wildman–Crippen LogP) is 6.16. The van der Waals surface area contributed by atoms with Crippen LogP contribution in [-0.2, 0) is 22.3 Å². The fourth-order valence-corrected chi connectivity index (χ4v) is 6.20. The van der Waals surface area contributed by atoms with Crippen LogP contribution in [-0.4, -0.2) is 28.9 Å². The quantitative estimate of drug-likeness (QED) is 0.222. The molecule has 5 aromatic rings. The van der Waals surface area contributed by atoms with Gasteiger partial charge < -0.3 is 4.57 Å². The molecular formula is C29H25ClN4O3S2. The van der Waals surface area contributed by atoms with Crippen molar-refractivity contribution in [1.82, 2.24) is 19.3 Å². The Hall–Kier alpha value is -3.66. The molecule has 2 heterocycles. The zero-order valence-corrected chi connectivity index (χ0v) is 23.6. The van der Waals surface area contributed by atoms with Crippen molar-refractivity contribution in [3.05, 3.63) is 118 Å². The van der Waals surface area contributed by atoms with Crippen molar-refractivity contribution >= 4 is 50.5 Å². The molecule has 0 saturated heterocycles. The average Bonchev–Trinajstić information content (AvgIpc) is 3.23. The van der Waals surface area contributed by atoms with E-state index in [2.05, 4.69) is 26.8 Å². The number of carbonyl (C=O) groups is 1. The smallest absolute Gasteiger partial charge is 0.283 e. The van der Waals surface area contributed by atoms with Crippen molar-refractivity contribution in [3.63, 3.8) is 0 Å². The lowest BCUT2D eigenvalue weighted by molar-refractivity contribution is 0.0977. The highest BCUT2D eigenvalue weighted by atomic mass is 35.5. The van der Waals surface area contributed by atoms with Gasteiger partial charge in [-0.05, 0) is 61.4 Å². The number of imidazole rings is 1. The standard InChI is InChI=1S/C29H25ClN4O3S2/c1-19-8-12-24(13-9-19)39(36,37)33-29(35)27-15-14-26-28(32-27)34(20(2)31-26)17-22-10-11-23(16-25(22)30)38-18-21-6-4-3-5-7-21/h3-16H,17-18H2,1-2H3,(H,33,35). The lowest BCUT2D eigenvalue weighted by atomic mass is 10.2. The molecule has 3 aromatic carbocycles. The molecule has 0 fully saturated rings. The third kappa shape index (κ3) is 6.16. The van der Waals surface area contributed by atoms with Crippen molar-refractivity contribution in [3.8, 4) is 0 Å². The van der Waals surface area contributed by atoms with Crippen LogP contribution in [0.4, 0.5) is 0 Å². The minimum atomic E-state index is -4.04. The number of amides is 1. The maximum absolute atomic E-state index is 12.9. The maximum Gasteiger partial charge on any atom is 0.283 e. The summed E-state index contributed by atoms with van der Waals surface area (Å²) in [4.78, 5) is 23.0. The van der Waals surface area contributed by atoms with Crippen molar-refractivity contribution in [1.29, 1.82) is 0 Å². The van der Waals surface area contributed by atoms with Crippen LogP contribution < -0.4 is 4.72 Å². The van der Waals surface area contributed by atoms with Crippen LogP contribution >= 0.6 is 23.4 Å². The van der Waals surface area contributed by atoms with Gasteiger partial charge >= 0.3 is 0 Å². The fraction of sp³-hybridized carbons (Fsp3) is 0.138. The number of aromatic nitrogens is 3. The number of fused-ring (bicyclic) bond motifs is 1. The predicted molar refractivity (Wildman–Crippen MR) is 155 cm³/mol. The van der Waals surface area contributed by atoms with Crippen molar-refractivity contribution in [2.75, 3.05) is 0 Å². The van der Waals surface area contributed by atoms with E-state index in [9.17, 15) is 13.2 Å². The van der Waals surface area contributed by atoms with Crippen LogP contribution in [0.1, 0.15) is 33.0 Å².